The van der Waals surface area contributed by atoms with E-state index < -0.39 is 0 Å². The summed E-state index contributed by atoms with van der Waals surface area (Å²) in [4.78, 5) is 29.3. The van der Waals surface area contributed by atoms with Crippen molar-refractivity contribution in [3.05, 3.63) is 82.6 Å². The fourth-order valence-electron chi connectivity index (χ4n) is 4.03. The Bertz CT molecular complexity index is 1110. The molecule has 7 heteroatoms. The molecule has 3 aromatic rings. The van der Waals surface area contributed by atoms with Crippen molar-refractivity contribution in [1.82, 2.24) is 14.7 Å². The normalized spacial score (nSPS) is 14.2. The van der Waals surface area contributed by atoms with Crippen molar-refractivity contribution in [2.24, 2.45) is 0 Å². The van der Waals surface area contributed by atoms with Crippen LogP contribution in [-0.4, -0.2) is 53.9 Å². The first-order valence-electron chi connectivity index (χ1n) is 11.0. The zero-order valence-corrected chi connectivity index (χ0v) is 18.3. The summed E-state index contributed by atoms with van der Waals surface area (Å²) in [6, 6.07) is 20.5. The van der Waals surface area contributed by atoms with Gasteiger partial charge in [0.25, 0.3) is 5.56 Å². The van der Waals surface area contributed by atoms with Crippen LogP contribution in [0.25, 0.3) is 5.69 Å². The summed E-state index contributed by atoms with van der Waals surface area (Å²) in [7, 11) is 1.65. The van der Waals surface area contributed by atoms with Crippen LogP contribution in [0.3, 0.4) is 0 Å². The molecule has 1 aliphatic heterocycles. The summed E-state index contributed by atoms with van der Waals surface area (Å²) < 4.78 is 6.82. The fourth-order valence-corrected chi connectivity index (χ4v) is 4.03. The Kier molecular flexibility index (Phi) is 6.84. The van der Waals surface area contributed by atoms with Gasteiger partial charge in [0.15, 0.2) is 0 Å². The molecule has 1 amide bonds. The topological polar surface area (TPSA) is 67.7 Å². The van der Waals surface area contributed by atoms with Gasteiger partial charge in [0.1, 0.15) is 11.6 Å². The number of benzene rings is 2. The molecule has 2 heterocycles. The number of aromatic nitrogens is 2. The Morgan fingerprint density at radius 1 is 0.938 bits per heavy atom. The van der Waals surface area contributed by atoms with Crippen LogP contribution in [0.2, 0.25) is 0 Å². The van der Waals surface area contributed by atoms with Crippen LogP contribution in [0.4, 0.5) is 5.82 Å². The van der Waals surface area contributed by atoms with Gasteiger partial charge in [-0.15, -0.1) is 5.10 Å². The maximum absolute atomic E-state index is 12.9. The van der Waals surface area contributed by atoms with Gasteiger partial charge >= 0.3 is 0 Å². The molecule has 0 N–H and O–H groups in total. The van der Waals surface area contributed by atoms with Crippen molar-refractivity contribution >= 4 is 11.7 Å². The molecule has 4 rings (SSSR count). The molecule has 0 atom stereocenters. The van der Waals surface area contributed by atoms with Gasteiger partial charge in [0, 0.05) is 38.7 Å². The van der Waals surface area contributed by atoms with E-state index in [0.29, 0.717) is 25.9 Å². The number of rotatable bonds is 6. The van der Waals surface area contributed by atoms with Crippen molar-refractivity contribution in [3.63, 3.8) is 0 Å². The summed E-state index contributed by atoms with van der Waals surface area (Å²) in [6.07, 6.45) is 1.97. The number of hydrogen-bond acceptors (Lipinski definition) is 5. The van der Waals surface area contributed by atoms with Crippen molar-refractivity contribution in [1.29, 1.82) is 0 Å². The largest absolute Gasteiger partial charge is 0.496 e. The van der Waals surface area contributed by atoms with Crippen LogP contribution >= 0.6 is 0 Å². The molecule has 1 aromatic heterocycles. The average molecular weight is 433 g/mol. The van der Waals surface area contributed by atoms with Gasteiger partial charge < -0.3 is 14.5 Å². The average Bonchev–Trinajstić information content (AvgIpc) is 3.10. The van der Waals surface area contributed by atoms with E-state index in [1.807, 2.05) is 59.5 Å². The number of carbonyl (C=O) groups is 1. The highest BCUT2D eigenvalue weighted by atomic mass is 16.5. The van der Waals surface area contributed by atoms with Crippen molar-refractivity contribution in [2.75, 3.05) is 38.2 Å². The van der Waals surface area contributed by atoms with E-state index in [-0.39, 0.29) is 11.5 Å². The quantitative estimate of drug-likeness (QED) is 0.599. The van der Waals surface area contributed by atoms with Crippen LogP contribution in [0, 0.1) is 0 Å². The van der Waals surface area contributed by atoms with E-state index in [4.69, 9.17) is 4.74 Å². The maximum atomic E-state index is 12.9. The van der Waals surface area contributed by atoms with Gasteiger partial charge in [0.05, 0.1) is 12.8 Å². The van der Waals surface area contributed by atoms with Crippen LogP contribution in [-0.2, 0) is 11.2 Å². The van der Waals surface area contributed by atoms with Gasteiger partial charge in [-0.2, -0.15) is 4.68 Å². The molecule has 1 saturated heterocycles. The summed E-state index contributed by atoms with van der Waals surface area (Å²) in [5.74, 6) is 1.72. The number of ether oxygens (including phenoxy) is 1. The molecule has 2 aromatic carbocycles. The molecule has 1 fully saturated rings. The SMILES string of the molecule is COc1ccccc1CCC(=O)N1CCCN(c2ccc(=O)n(-c3ccccc3)n2)CC1. The summed E-state index contributed by atoms with van der Waals surface area (Å²) in [5, 5.41) is 4.59. The maximum Gasteiger partial charge on any atom is 0.271 e. The Labute approximate surface area is 187 Å². The first-order valence-corrected chi connectivity index (χ1v) is 11.0. The molecule has 0 radical (unpaired) electrons. The fraction of sp³-hybridized carbons (Fsp3) is 0.320. The lowest BCUT2D eigenvalue weighted by atomic mass is 10.1. The Morgan fingerprint density at radius 2 is 1.72 bits per heavy atom. The number of nitrogens with zero attached hydrogens (tertiary/aromatic N) is 4. The van der Waals surface area contributed by atoms with E-state index in [0.717, 1.165) is 42.3 Å². The van der Waals surface area contributed by atoms with Crippen LogP contribution < -0.4 is 15.2 Å². The van der Waals surface area contributed by atoms with Gasteiger partial charge in [-0.3, -0.25) is 9.59 Å². The second-order valence-corrected chi connectivity index (χ2v) is 7.81. The molecule has 0 aliphatic carbocycles. The third-order valence-corrected chi connectivity index (χ3v) is 5.76. The van der Waals surface area contributed by atoms with Gasteiger partial charge in [-0.05, 0) is 42.7 Å². The number of anilines is 1. The Balaban J connectivity index is 1.40. The first-order chi connectivity index (χ1) is 15.7. The van der Waals surface area contributed by atoms with Crippen molar-refractivity contribution in [3.8, 4) is 11.4 Å². The van der Waals surface area contributed by atoms with E-state index in [2.05, 4.69) is 10.00 Å². The van der Waals surface area contributed by atoms with Crippen LogP contribution in [0.15, 0.2) is 71.5 Å². The molecule has 0 unspecified atom stereocenters. The summed E-state index contributed by atoms with van der Waals surface area (Å²) in [5.41, 5.74) is 1.62. The number of aryl methyl sites for hydroxylation is 1. The molecule has 0 spiro atoms. The smallest absolute Gasteiger partial charge is 0.271 e. The standard InChI is InChI=1S/C25H28N4O3/c1-32-22-11-6-5-8-20(22)12-14-24(30)28-17-7-16-27(18-19-28)23-13-15-25(31)29(26-23)21-9-3-2-4-10-21/h2-6,8-11,13,15H,7,12,14,16-19H2,1H3. The van der Waals surface area contributed by atoms with Crippen LogP contribution in [0.1, 0.15) is 18.4 Å². The zero-order valence-electron chi connectivity index (χ0n) is 18.3. The highest BCUT2D eigenvalue weighted by Crippen LogP contribution is 2.20. The monoisotopic (exact) mass is 432 g/mol. The predicted octanol–water partition coefficient (Wildman–Crippen LogP) is 2.91. The van der Waals surface area contributed by atoms with Crippen molar-refractivity contribution in [2.45, 2.75) is 19.3 Å². The molecule has 0 bridgehead atoms. The highest BCUT2D eigenvalue weighted by Gasteiger charge is 2.20. The third kappa shape index (κ3) is 4.99. The van der Waals surface area contributed by atoms with Crippen molar-refractivity contribution < 1.29 is 9.53 Å². The zero-order chi connectivity index (χ0) is 22.3. The summed E-state index contributed by atoms with van der Waals surface area (Å²) in [6.45, 7) is 2.83. The molecular weight excluding hydrogens is 404 g/mol. The number of amides is 1. The number of methoxy groups -OCH3 is 1. The lowest BCUT2D eigenvalue weighted by Gasteiger charge is -2.23. The predicted molar refractivity (Wildman–Crippen MR) is 125 cm³/mol. The van der Waals surface area contributed by atoms with E-state index >= 15 is 0 Å². The Hall–Kier alpha value is -3.61. The molecule has 32 heavy (non-hydrogen) atoms. The van der Waals surface area contributed by atoms with E-state index in [9.17, 15) is 9.59 Å². The first kappa shape index (κ1) is 21.6. The minimum atomic E-state index is -0.164. The van der Waals surface area contributed by atoms with E-state index in [1.165, 1.54) is 4.68 Å². The number of para-hydroxylation sites is 2. The molecule has 7 nitrogen and oxygen atoms in total. The second kappa shape index (κ2) is 10.1. The lowest BCUT2D eigenvalue weighted by molar-refractivity contribution is -0.130. The van der Waals surface area contributed by atoms with Gasteiger partial charge in [-0.25, -0.2) is 0 Å². The molecule has 166 valence electrons. The van der Waals surface area contributed by atoms with Gasteiger partial charge in [0.2, 0.25) is 5.91 Å². The lowest BCUT2D eigenvalue weighted by Crippen LogP contribution is -2.36. The third-order valence-electron chi connectivity index (χ3n) is 5.76. The number of carbonyl (C=O) groups excluding carboxylic acids is 1. The highest BCUT2D eigenvalue weighted by molar-refractivity contribution is 5.76. The second-order valence-electron chi connectivity index (χ2n) is 7.81. The molecular formula is C25H28N4O3. The van der Waals surface area contributed by atoms with Gasteiger partial charge in [-0.1, -0.05) is 36.4 Å². The molecule has 0 saturated carbocycles. The molecule has 1 aliphatic rings. The summed E-state index contributed by atoms with van der Waals surface area (Å²) >= 11 is 0. The minimum absolute atomic E-state index is 0.153. The minimum Gasteiger partial charge on any atom is -0.496 e. The van der Waals surface area contributed by atoms with E-state index in [1.54, 1.807) is 19.2 Å². The van der Waals surface area contributed by atoms with Crippen LogP contribution in [0.5, 0.6) is 5.75 Å². The number of hydrogen-bond donors (Lipinski definition) is 0. The Morgan fingerprint density at radius 3 is 2.53 bits per heavy atom.